The second kappa shape index (κ2) is 4.23. The predicted octanol–water partition coefficient (Wildman–Crippen LogP) is 0.879. The molecule has 0 aromatic rings. The van der Waals surface area contributed by atoms with Gasteiger partial charge in [0.05, 0.1) is 13.2 Å². The lowest BCUT2D eigenvalue weighted by atomic mass is 10.0. The molecule has 1 aliphatic heterocycles. The minimum Gasteiger partial charge on any atom is -0.479 e. The van der Waals surface area contributed by atoms with Gasteiger partial charge in [-0.15, -0.1) is 0 Å². The summed E-state index contributed by atoms with van der Waals surface area (Å²) >= 11 is 0. The molecule has 2 atom stereocenters. The van der Waals surface area contributed by atoms with Crippen LogP contribution >= 0.6 is 0 Å². The molecule has 1 amide bonds. The van der Waals surface area contributed by atoms with E-state index >= 15 is 0 Å². The number of ether oxygens (including phenoxy) is 1. The van der Waals surface area contributed by atoms with Crippen LogP contribution in [-0.2, 0) is 14.3 Å². The second-order valence-corrected chi connectivity index (χ2v) is 5.81. The van der Waals surface area contributed by atoms with Gasteiger partial charge in [-0.1, -0.05) is 12.8 Å². The summed E-state index contributed by atoms with van der Waals surface area (Å²) in [5.74, 6) is -0.655. The van der Waals surface area contributed by atoms with Crippen LogP contribution in [0.3, 0.4) is 0 Å². The van der Waals surface area contributed by atoms with Crippen molar-refractivity contribution in [3.05, 3.63) is 0 Å². The molecule has 2 saturated carbocycles. The molecule has 0 aromatic carbocycles. The van der Waals surface area contributed by atoms with Crippen molar-refractivity contribution in [2.24, 2.45) is 11.3 Å². The van der Waals surface area contributed by atoms with Gasteiger partial charge in [0.1, 0.15) is 0 Å². The highest BCUT2D eigenvalue weighted by atomic mass is 16.5. The van der Waals surface area contributed by atoms with E-state index in [0.717, 1.165) is 6.42 Å². The Bertz CT molecular complexity index is 375. The molecule has 0 aromatic heterocycles. The number of carboxylic acids is 1. The monoisotopic (exact) mass is 253 g/mol. The van der Waals surface area contributed by atoms with E-state index in [0.29, 0.717) is 13.2 Å². The predicted molar refractivity (Wildman–Crippen MR) is 63.0 cm³/mol. The van der Waals surface area contributed by atoms with Crippen LogP contribution in [0.15, 0.2) is 0 Å². The van der Waals surface area contributed by atoms with E-state index in [-0.39, 0.29) is 23.8 Å². The summed E-state index contributed by atoms with van der Waals surface area (Å²) in [6, 6.07) is 0. The third kappa shape index (κ3) is 1.90. The number of carbonyl (C=O) groups is 2. The van der Waals surface area contributed by atoms with Crippen LogP contribution in [0.25, 0.3) is 0 Å². The number of hydrogen-bond donors (Lipinski definition) is 1. The van der Waals surface area contributed by atoms with E-state index in [1.54, 1.807) is 4.90 Å². The van der Waals surface area contributed by atoms with Gasteiger partial charge < -0.3 is 14.7 Å². The highest BCUT2D eigenvalue weighted by Gasteiger charge is 2.59. The average molecular weight is 253 g/mol. The summed E-state index contributed by atoms with van der Waals surface area (Å²) in [7, 11) is 0. The van der Waals surface area contributed by atoms with E-state index in [9.17, 15) is 9.59 Å². The number of carboxylic acid groups (broad SMARTS) is 1. The number of aliphatic carboxylic acids is 1. The minimum atomic E-state index is -0.973. The molecule has 1 heterocycles. The van der Waals surface area contributed by atoms with Crippen molar-refractivity contribution in [3.63, 3.8) is 0 Å². The molecule has 2 aliphatic carbocycles. The quantitative estimate of drug-likeness (QED) is 0.793. The molecule has 1 N–H and O–H groups in total. The summed E-state index contributed by atoms with van der Waals surface area (Å²) in [5.41, 5.74) is 0.286. The van der Waals surface area contributed by atoms with E-state index in [2.05, 4.69) is 0 Å². The van der Waals surface area contributed by atoms with E-state index in [1.165, 1.54) is 25.7 Å². The highest BCUT2D eigenvalue weighted by molar-refractivity contribution is 5.84. The number of carbonyl (C=O) groups excluding carboxylic acids is 1. The molecule has 5 nitrogen and oxygen atoms in total. The number of morpholine rings is 1. The van der Waals surface area contributed by atoms with Crippen molar-refractivity contribution in [2.45, 2.75) is 38.2 Å². The fourth-order valence-electron chi connectivity index (χ4n) is 3.55. The zero-order valence-corrected chi connectivity index (χ0v) is 10.4. The molecule has 2 unspecified atom stereocenters. The smallest absolute Gasteiger partial charge is 0.334 e. The molecule has 18 heavy (non-hydrogen) atoms. The fourth-order valence-corrected chi connectivity index (χ4v) is 3.55. The van der Waals surface area contributed by atoms with Gasteiger partial charge in [0, 0.05) is 12.5 Å². The van der Waals surface area contributed by atoms with Crippen molar-refractivity contribution in [1.82, 2.24) is 4.90 Å². The first-order valence-corrected chi connectivity index (χ1v) is 6.76. The number of rotatable bonds is 2. The van der Waals surface area contributed by atoms with Crippen LogP contribution in [-0.4, -0.2) is 47.7 Å². The van der Waals surface area contributed by atoms with Gasteiger partial charge >= 0.3 is 5.97 Å². The Hall–Kier alpha value is -1.10. The minimum absolute atomic E-state index is 0.159. The summed E-state index contributed by atoms with van der Waals surface area (Å²) in [4.78, 5) is 25.0. The average Bonchev–Trinajstić information content (AvgIpc) is 2.86. The van der Waals surface area contributed by atoms with E-state index < -0.39 is 12.1 Å². The van der Waals surface area contributed by atoms with Gasteiger partial charge in [-0.2, -0.15) is 0 Å². The molecule has 0 bridgehead atoms. The Kier molecular flexibility index (Phi) is 2.81. The van der Waals surface area contributed by atoms with Crippen LogP contribution < -0.4 is 0 Å². The van der Waals surface area contributed by atoms with Crippen molar-refractivity contribution < 1.29 is 19.4 Å². The molecule has 5 heteroatoms. The van der Waals surface area contributed by atoms with Crippen LogP contribution in [0, 0.1) is 11.3 Å². The molecule has 3 aliphatic rings. The van der Waals surface area contributed by atoms with E-state index in [4.69, 9.17) is 9.84 Å². The summed E-state index contributed by atoms with van der Waals surface area (Å²) in [6.45, 7) is 1.08. The Morgan fingerprint density at radius 3 is 2.67 bits per heavy atom. The lowest BCUT2D eigenvalue weighted by Crippen LogP contribution is -2.49. The highest BCUT2D eigenvalue weighted by Crippen LogP contribution is 2.63. The van der Waals surface area contributed by atoms with Crippen LogP contribution in [0.4, 0.5) is 0 Å². The second-order valence-electron chi connectivity index (χ2n) is 5.81. The SMILES string of the molecule is O=C(O)C1CN(C(=O)C2CC23CCCC3)CCO1. The molecule has 3 fully saturated rings. The maximum atomic E-state index is 12.4. The van der Waals surface area contributed by atoms with Gasteiger partial charge in [-0.05, 0) is 24.7 Å². The largest absolute Gasteiger partial charge is 0.479 e. The lowest BCUT2D eigenvalue weighted by molar-refractivity contribution is -0.160. The fraction of sp³-hybridized carbons (Fsp3) is 0.846. The number of amides is 1. The normalized spacial score (nSPS) is 33.7. The van der Waals surface area contributed by atoms with Crippen molar-refractivity contribution in [2.75, 3.05) is 19.7 Å². The summed E-state index contributed by atoms with van der Waals surface area (Å²) in [6.07, 6.45) is 5.00. The van der Waals surface area contributed by atoms with Crippen LogP contribution in [0.1, 0.15) is 32.1 Å². The standard InChI is InChI=1S/C13H19NO4/c15-11(9-7-13(9)3-1-2-4-13)14-5-6-18-10(8-14)12(16)17/h9-10H,1-8H2,(H,16,17). The zero-order valence-electron chi connectivity index (χ0n) is 10.4. The topological polar surface area (TPSA) is 66.8 Å². The summed E-state index contributed by atoms with van der Waals surface area (Å²) < 4.78 is 5.14. The van der Waals surface area contributed by atoms with Crippen LogP contribution in [0.2, 0.25) is 0 Å². The van der Waals surface area contributed by atoms with Gasteiger partial charge in [0.15, 0.2) is 6.10 Å². The Morgan fingerprint density at radius 1 is 1.28 bits per heavy atom. The van der Waals surface area contributed by atoms with Gasteiger partial charge in [0.25, 0.3) is 0 Å². The Morgan fingerprint density at radius 2 is 2.00 bits per heavy atom. The maximum Gasteiger partial charge on any atom is 0.334 e. The Balaban J connectivity index is 1.61. The van der Waals surface area contributed by atoms with Gasteiger partial charge in [-0.25, -0.2) is 4.79 Å². The molecule has 1 spiro atoms. The van der Waals surface area contributed by atoms with Crippen LogP contribution in [0.5, 0.6) is 0 Å². The molecular formula is C13H19NO4. The first-order valence-electron chi connectivity index (χ1n) is 6.76. The first kappa shape index (κ1) is 12.0. The first-order chi connectivity index (χ1) is 8.62. The third-order valence-electron chi connectivity index (χ3n) is 4.74. The summed E-state index contributed by atoms with van der Waals surface area (Å²) in [5, 5.41) is 8.93. The van der Waals surface area contributed by atoms with Gasteiger partial charge in [0.2, 0.25) is 5.91 Å². The Labute approximate surface area is 106 Å². The van der Waals surface area contributed by atoms with Gasteiger partial charge in [-0.3, -0.25) is 4.79 Å². The molecule has 3 rings (SSSR count). The number of hydrogen-bond acceptors (Lipinski definition) is 3. The number of nitrogens with zero attached hydrogens (tertiary/aromatic N) is 1. The maximum absolute atomic E-state index is 12.4. The van der Waals surface area contributed by atoms with Crippen molar-refractivity contribution >= 4 is 11.9 Å². The molecule has 0 radical (unpaired) electrons. The van der Waals surface area contributed by atoms with Crippen molar-refractivity contribution in [3.8, 4) is 0 Å². The molecular weight excluding hydrogens is 234 g/mol. The van der Waals surface area contributed by atoms with E-state index in [1.807, 2.05) is 0 Å². The third-order valence-corrected chi connectivity index (χ3v) is 4.74. The molecule has 1 saturated heterocycles. The zero-order chi connectivity index (χ0) is 12.8. The molecule has 100 valence electrons. The lowest BCUT2D eigenvalue weighted by Gasteiger charge is -2.31. The van der Waals surface area contributed by atoms with Crippen molar-refractivity contribution in [1.29, 1.82) is 0 Å².